The molecule has 8 heteroatoms. The summed E-state index contributed by atoms with van der Waals surface area (Å²) in [6.45, 7) is 1.67. The number of nitrogens with zero attached hydrogens (tertiary/aromatic N) is 1. The molecule has 1 atom stereocenters. The van der Waals surface area contributed by atoms with Crippen molar-refractivity contribution in [2.45, 2.75) is 50.0 Å². The summed E-state index contributed by atoms with van der Waals surface area (Å²) in [6.07, 6.45) is 4.11. The van der Waals surface area contributed by atoms with E-state index in [0.717, 1.165) is 24.8 Å². The molecule has 0 unspecified atom stereocenters. The number of esters is 1. The summed E-state index contributed by atoms with van der Waals surface area (Å²) in [5, 5.41) is 2.74. The number of benzene rings is 2. The van der Waals surface area contributed by atoms with E-state index in [1.54, 1.807) is 12.1 Å². The molecule has 1 aliphatic heterocycles. The van der Waals surface area contributed by atoms with Gasteiger partial charge in [-0.05, 0) is 74.4 Å². The highest BCUT2D eigenvalue weighted by molar-refractivity contribution is 7.89. The molecular weight excluding hydrogens is 416 g/mol. The minimum Gasteiger partial charge on any atom is -0.454 e. The first-order chi connectivity index (χ1) is 14.8. The van der Waals surface area contributed by atoms with Crippen molar-refractivity contribution in [3.05, 3.63) is 59.2 Å². The van der Waals surface area contributed by atoms with Gasteiger partial charge in [0.25, 0.3) is 5.91 Å². The fraction of sp³-hybridized carbons (Fsp3) is 0.391. The van der Waals surface area contributed by atoms with Crippen molar-refractivity contribution in [3.8, 4) is 0 Å². The van der Waals surface area contributed by atoms with Gasteiger partial charge in [0.2, 0.25) is 10.0 Å². The molecule has 0 spiro atoms. The molecule has 2 aliphatic rings. The Balaban J connectivity index is 1.36. The molecule has 31 heavy (non-hydrogen) atoms. The Kier molecular flexibility index (Phi) is 6.11. The maximum Gasteiger partial charge on any atom is 0.324 e. The van der Waals surface area contributed by atoms with Gasteiger partial charge in [-0.1, -0.05) is 23.8 Å². The van der Waals surface area contributed by atoms with Gasteiger partial charge >= 0.3 is 5.97 Å². The van der Waals surface area contributed by atoms with Crippen molar-refractivity contribution in [1.29, 1.82) is 0 Å². The Hall–Kier alpha value is -2.71. The molecule has 0 aromatic heterocycles. The Bertz CT molecular complexity index is 1100. The number of ether oxygens (including phenoxy) is 1. The van der Waals surface area contributed by atoms with Gasteiger partial charge < -0.3 is 10.1 Å². The second-order valence-electron chi connectivity index (χ2n) is 8.08. The third kappa shape index (κ3) is 4.65. The normalized spacial score (nSPS) is 18.5. The van der Waals surface area contributed by atoms with E-state index in [9.17, 15) is 18.0 Å². The molecule has 1 amide bonds. The number of hydrogen-bond donors (Lipinski definition) is 1. The molecule has 2 aromatic carbocycles. The smallest absolute Gasteiger partial charge is 0.324 e. The number of hydrogen-bond acceptors (Lipinski definition) is 5. The molecule has 4 rings (SSSR count). The summed E-state index contributed by atoms with van der Waals surface area (Å²) < 4.78 is 32.3. The summed E-state index contributed by atoms with van der Waals surface area (Å²) in [5.74, 6) is -1.14. The summed E-state index contributed by atoms with van der Waals surface area (Å²) in [7, 11) is -3.81. The van der Waals surface area contributed by atoms with Crippen LogP contribution in [0.25, 0.3) is 0 Å². The summed E-state index contributed by atoms with van der Waals surface area (Å²) in [5.41, 5.74) is 4.16. The van der Waals surface area contributed by atoms with Crippen LogP contribution in [0.3, 0.4) is 0 Å². The average molecular weight is 443 g/mol. The molecule has 0 radical (unpaired) electrons. The van der Waals surface area contributed by atoms with Crippen molar-refractivity contribution in [1.82, 2.24) is 4.31 Å². The zero-order valence-electron chi connectivity index (χ0n) is 17.5. The van der Waals surface area contributed by atoms with Crippen LogP contribution in [0, 0.1) is 6.92 Å². The topological polar surface area (TPSA) is 92.8 Å². The van der Waals surface area contributed by atoms with Gasteiger partial charge in [0.05, 0.1) is 4.90 Å². The molecule has 0 saturated carbocycles. The minimum atomic E-state index is -3.81. The van der Waals surface area contributed by atoms with Crippen molar-refractivity contribution in [2.75, 3.05) is 18.5 Å². The lowest BCUT2D eigenvalue weighted by Gasteiger charge is -2.22. The molecule has 2 aromatic rings. The largest absolute Gasteiger partial charge is 0.454 e. The molecule has 1 aliphatic carbocycles. The predicted octanol–water partition coefficient (Wildman–Crippen LogP) is 2.82. The van der Waals surface area contributed by atoms with Crippen LogP contribution in [0.4, 0.5) is 5.69 Å². The van der Waals surface area contributed by atoms with E-state index in [-0.39, 0.29) is 11.4 Å². The number of sulfonamides is 1. The maximum absolute atomic E-state index is 13.0. The lowest BCUT2D eigenvalue weighted by atomic mass is 10.1. The molecule has 1 saturated heterocycles. The van der Waals surface area contributed by atoms with Crippen molar-refractivity contribution in [3.63, 3.8) is 0 Å². The highest BCUT2D eigenvalue weighted by atomic mass is 32.2. The lowest BCUT2D eigenvalue weighted by Crippen LogP contribution is -2.42. The van der Waals surface area contributed by atoms with Gasteiger partial charge in [-0.3, -0.25) is 9.59 Å². The Morgan fingerprint density at radius 2 is 1.81 bits per heavy atom. The standard InChI is InChI=1S/C23H26N2O5S/c1-16-7-11-20(12-8-16)31(28,29)25-13-3-6-21(25)23(27)30-15-22(26)24-19-10-9-17-4-2-5-18(17)14-19/h7-12,14,21H,2-6,13,15H2,1H3,(H,24,26)/t21-/m1/s1. The second-order valence-corrected chi connectivity index (χ2v) is 9.97. The fourth-order valence-electron chi connectivity index (χ4n) is 4.19. The van der Waals surface area contributed by atoms with Crippen LogP contribution >= 0.6 is 0 Å². The van der Waals surface area contributed by atoms with Gasteiger partial charge in [0.1, 0.15) is 6.04 Å². The number of amides is 1. The van der Waals surface area contributed by atoms with Gasteiger partial charge in [0.15, 0.2) is 6.61 Å². The third-order valence-corrected chi connectivity index (χ3v) is 7.75. The average Bonchev–Trinajstić information content (AvgIpc) is 3.42. The quantitative estimate of drug-likeness (QED) is 0.695. The predicted molar refractivity (Wildman–Crippen MR) is 116 cm³/mol. The van der Waals surface area contributed by atoms with Crippen LogP contribution in [0.1, 0.15) is 36.0 Å². The van der Waals surface area contributed by atoms with Crippen LogP contribution in [0.15, 0.2) is 47.4 Å². The van der Waals surface area contributed by atoms with Gasteiger partial charge in [-0.2, -0.15) is 4.31 Å². The van der Waals surface area contributed by atoms with Crippen LogP contribution in [0.2, 0.25) is 0 Å². The van der Waals surface area contributed by atoms with E-state index in [1.807, 2.05) is 25.1 Å². The molecule has 1 N–H and O–H groups in total. The number of nitrogens with one attached hydrogen (secondary N) is 1. The fourth-order valence-corrected chi connectivity index (χ4v) is 5.84. The monoisotopic (exact) mass is 442 g/mol. The first-order valence-corrected chi connectivity index (χ1v) is 12.0. The van der Waals surface area contributed by atoms with Gasteiger partial charge in [-0.15, -0.1) is 0 Å². The van der Waals surface area contributed by atoms with Crippen LogP contribution in [-0.4, -0.2) is 43.8 Å². The number of rotatable bonds is 6. The highest BCUT2D eigenvalue weighted by Crippen LogP contribution is 2.27. The number of aryl methyl sites for hydroxylation is 3. The van der Waals surface area contributed by atoms with E-state index in [2.05, 4.69) is 5.32 Å². The molecule has 164 valence electrons. The number of fused-ring (bicyclic) bond motifs is 1. The van der Waals surface area contributed by atoms with E-state index in [0.29, 0.717) is 18.5 Å². The van der Waals surface area contributed by atoms with E-state index in [1.165, 1.54) is 27.6 Å². The molecule has 7 nitrogen and oxygen atoms in total. The van der Waals surface area contributed by atoms with E-state index < -0.39 is 34.5 Å². The van der Waals surface area contributed by atoms with E-state index in [4.69, 9.17) is 4.74 Å². The Morgan fingerprint density at radius 1 is 1.06 bits per heavy atom. The van der Waals surface area contributed by atoms with Gasteiger partial charge in [-0.25, -0.2) is 8.42 Å². The van der Waals surface area contributed by atoms with Gasteiger partial charge in [0, 0.05) is 12.2 Å². The molecule has 1 heterocycles. The van der Waals surface area contributed by atoms with Crippen LogP contribution in [-0.2, 0) is 37.2 Å². The highest BCUT2D eigenvalue weighted by Gasteiger charge is 2.40. The number of carbonyl (C=O) groups excluding carboxylic acids is 2. The van der Waals surface area contributed by atoms with Crippen molar-refractivity contribution in [2.24, 2.45) is 0 Å². The second kappa shape index (κ2) is 8.80. The first-order valence-electron chi connectivity index (χ1n) is 10.5. The van der Waals surface area contributed by atoms with Crippen molar-refractivity contribution >= 4 is 27.6 Å². The zero-order valence-corrected chi connectivity index (χ0v) is 18.3. The minimum absolute atomic E-state index is 0.146. The SMILES string of the molecule is Cc1ccc(S(=O)(=O)N2CCC[C@@H]2C(=O)OCC(=O)Nc2ccc3c(c2)CCC3)cc1. The number of carbonyl (C=O) groups is 2. The van der Waals surface area contributed by atoms with Crippen LogP contribution < -0.4 is 5.32 Å². The molecule has 0 bridgehead atoms. The Morgan fingerprint density at radius 3 is 2.58 bits per heavy atom. The Labute approximate surface area is 182 Å². The van der Waals surface area contributed by atoms with E-state index >= 15 is 0 Å². The summed E-state index contributed by atoms with van der Waals surface area (Å²) in [4.78, 5) is 25.0. The summed E-state index contributed by atoms with van der Waals surface area (Å²) >= 11 is 0. The van der Waals surface area contributed by atoms with Crippen LogP contribution in [0.5, 0.6) is 0 Å². The zero-order chi connectivity index (χ0) is 22.0. The lowest BCUT2D eigenvalue weighted by molar-refractivity contribution is -0.150. The third-order valence-electron chi connectivity index (χ3n) is 5.83. The maximum atomic E-state index is 13.0. The van der Waals surface area contributed by atoms with Crippen molar-refractivity contribution < 1.29 is 22.7 Å². The molecular formula is C23H26N2O5S. The first kappa shape index (κ1) is 21.5. The summed E-state index contributed by atoms with van der Waals surface area (Å²) in [6, 6.07) is 11.4. The molecule has 1 fully saturated rings. The number of anilines is 1.